The van der Waals surface area contributed by atoms with Crippen molar-refractivity contribution in [3.63, 3.8) is 0 Å². The summed E-state index contributed by atoms with van der Waals surface area (Å²) in [5.41, 5.74) is -1.45. The Morgan fingerprint density at radius 3 is 2.00 bits per heavy atom. The van der Waals surface area contributed by atoms with E-state index in [9.17, 15) is 41.8 Å². The first kappa shape index (κ1) is 39.2. The molecule has 6 N–H and O–H groups in total. The molecule has 3 rings (SSSR count). The van der Waals surface area contributed by atoms with Gasteiger partial charge in [0.2, 0.25) is 29.4 Å². The zero-order valence-corrected chi connectivity index (χ0v) is 28.7. The highest BCUT2D eigenvalue weighted by Crippen LogP contribution is 2.48. The Balaban J connectivity index is 1.87. The van der Waals surface area contributed by atoms with Gasteiger partial charge in [-0.25, -0.2) is 8.78 Å². The van der Waals surface area contributed by atoms with E-state index in [2.05, 4.69) is 26.6 Å². The Hall–Kier alpha value is -4.20. The number of benzene rings is 2. The largest absolute Gasteiger partial charge is 0.503 e. The number of phenols is 1. The van der Waals surface area contributed by atoms with Crippen molar-refractivity contribution in [2.24, 2.45) is 17.8 Å². The fourth-order valence-electron chi connectivity index (χ4n) is 5.94. The number of rotatable bonds is 17. The van der Waals surface area contributed by atoms with E-state index in [1.807, 2.05) is 51.1 Å². The summed E-state index contributed by atoms with van der Waals surface area (Å²) in [5, 5.41) is 23.2. The molecule has 0 aliphatic heterocycles. The van der Waals surface area contributed by atoms with E-state index < -0.39 is 76.0 Å². The average molecular weight is 694 g/mol. The number of aryl methyl sites for hydroxylation is 1. The number of hydrogen-bond acceptors (Lipinski definition) is 6. The lowest BCUT2D eigenvalue weighted by Gasteiger charge is -2.28. The van der Waals surface area contributed by atoms with Crippen molar-refractivity contribution in [1.82, 2.24) is 26.6 Å². The van der Waals surface area contributed by atoms with Crippen LogP contribution < -0.4 is 26.6 Å². The highest BCUT2D eigenvalue weighted by molar-refractivity contribution is 5.99. The molecule has 1 fully saturated rings. The van der Waals surface area contributed by atoms with Crippen molar-refractivity contribution in [2.45, 2.75) is 90.9 Å². The van der Waals surface area contributed by atoms with Gasteiger partial charge < -0.3 is 31.7 Å². The van der Waals surface area contributed by atoms with Gasteiger partial charge in [-0.05, 0) is 62.8 Å². The minimum atomic E-state index is -2.16. The molecule has 1 saturated carbocycles. The Kier molecular flexibility index (Phi) is 13.6. The maximum atomic E-state index is 14.5. The second-order valence-corrected chi connectivity index (χ2v) is 13.4. The van der Waals surface area contributed by atoms with Crippen molar-refractivity contribution < 1.29 is 41.8 Å². The van der Waals surface area contributed by atoms with Gasteiger partial charge in [0.15, 0.2) is 17.4 Å². The van der Waals surface area contributed by atoms with Crippen molar-refractivity contribution in [3.8, 4) is 5.75 Å². The maximum Gasteiger partial charge on any atom is 0.258 e. The second kappa shape index (κ2) is 17.0. The molecule has 2 unspecified atom stereocenters. The first-order chi connectivity index (χ1) is 23.0. The number of amides is 4. The van der Waals surface area contributed by atoms with E-state index in [0.717, 1.165) is 5.56 Å². The van der Waals surface area contributed by atoms with Crippen LogP contribution in [-0.4, -0.2) is 65.5 Å². The van der Waals surface area contributed by atoms with E-state index in [4.69, 9.17) is 0 Å². The van der Waals surface area contributed by atoms with Crippen LogP contribution in [0.2, 0.25) is 0 Å². The maximum absolute atomic E-state index is 14.5. The third-order valence-electron chi connectivity index (χ3n) is 8.77. The number of phenolic OH excluding ortho intramolecular Hbond substituents is 1. The molecule has 5 atom stereocenters. The minimum Gasteiger partial charge on any atom is -0.503 e. The average Bonchev–Trinajstić information content (AvgIpc) is 3.77. The summed E-state index contributed by atoms with van der Waals surface area (Å²) in [6, 6.07) is 6.11. The van der Waals surface area contributed by atoms with Crippen LogP contribution in [-0.2, 0) is 20.8 Å². The molecule has 0 saturated heterocycles. The first-order valence-corrected chi connectivity index (χ1v) is 16.6. The highest BCUT2D eigenvalue weighted by atomic mass is 19.2. The van der Waals surface area contributed by atoms with Gasteiger partial charge in [0.05, 0.1) is 11.6 Å². The Morgan fingerprint density at radius 1 is 0.857 bits per heavy atom. The van der Waals surface area contributed by atoms with Crippen LogP contribution in [0.5, 0.6) is 5.75 Å². The molecule has 2 aromatic rings. The van der Waals surface area contributed by atoms with E-state index in [0.29, 0.717) is 25.9 Å². The molecule has 14 heteroatoms. The number of nitrogens with one attached hydrogen (secondary N) is 5. The smallest absolute Gasteiger partial charge is 0.258 e. The molecule has 0 bridgehead atoms. The lowest BCUT2D eigenvalue weighted by atomic mass is 9.99. The van der Waals surface area contributed by atoms with Crippen LogP contribution in [0, 0.1) is 41.0 Å². The monoisotopic (exact) mass is 693 g/mol. The van der Waals surface area contributed by atoms with Crippen molar-refractivity contribution in [3.05, 3.63) is 64.7 Å². The third kappa shape index (κ3) is 9.93. The van der Waals surface area contributed by atoms with Crippen LogP contribution in [0.1, 0.15) is 76.7 Å². The summed E-state index contributed by atoms with van der Waals surface area (Å²) in [5.74, 6) is -13.6. The molecule has 1 aliphatic carbocycles. The van der Waals surface area contributed by atoms with Crippen LogP contribution >= 0.6 is 0 Å². The second-order valence-electron chi connectivity index (χ2n) is 13.4. The topological polar surface area (TPSA) is 149 Å². The van der Waals surface area contributed by atoms with E-state index >= 15 is 0 Å². The van der Waals surface area contributed by atoms with Gasteiger partial charge in [0, 0.05) is 13.1 Å². The predicted octanol–water partition coefficient (Wildman–Crippen LogP) is 3.86. The molecule has 0 radical (unpaired) electrons. The highest BCUT2D eigenvalue weighted by Gasteiger charge is 2.56. The number of hydrogen-bond donors (Lipinski definition) is 6. The number of carbonyl (C=O) groups excluding carboxylic acids is 4. The van der Waals surface area contributed by atoms with Crippen LogP contribution in [0.25, 0.3) is 0 Å². The van der Waals surface area contributed by atoms with Crippen molar-refractivity contribution in [1.29, 1.82) is 0 Å². The molecule has 0 aromatic heterocycles. The van der Waals surface area contributed by atoms with Crippen LogP contribution in [0.3, 0.4) is 0 Å². The molecule has 1 aliphatic rings. The van der Waals surface area contributed by atoms with Crippen LogP contribution in [0.4, 0.5) is 17.6 Å². The van der Waals surface area contributed by atoms with Gasteiger partial charge in [0.1, 0.15) is 17.6 Å². The Morgan fingerprint density at radius 2 is 1.47 bits per heavy atom. The number of halogens is 4. The zero-order valence-electron chi connectivity index (χ0n) is 28.7. The number of aromatic hydroxyl groups is 1. The third-order valence-corrected chi connectivity index (χ3v) is 8.77. The molecule has 10 nitrogen and oxygen atoms in total. The quantitative estimate of drug-likeness (QED) is 0.110. The Bertz CT molecular complexity index is 1480. The predicted molar refractivity (Wildman–Crippen MR) is 175 cm³/mol. The molecule has 4 amide bonds. The lowest BCUT2D eigenvalue weighted by molar-refractivity contribution is -0.131. The van der Waals surface area contributed by atoms with Gasteiger partial charge >= 0.3 is 0 Å². The summed E-state index contributed by atoms with van der Waals surface area (Å²) in [6.07, 6.45) is 1.11. The molecular weight excluding hydrogens is 646 g/mol. The normalized spacial score (nSPS) is 18.8. The van der Waals surface area contributed by atoms with Gasteiger partial charge in [-0.15, -0.1) is 0 Å². The summed E-state index contributed by atoms with van der Waals surface area (Å²) >= 11 is 0. The van der Waals surface area contributed by atoms with Crippen LogP contribution in [0.15, 0.2) is 30.3 Å². The van der Waals surface area contributed by atoms with E-state index in [1.54, 1.807) is 20.8 Å². The molecule has 2 aromatic carbocycles. The molecular formula is C35H47F4N5O5. The molecule has 270 valence electrons. The van der Waals surface area contributed by atoms with Gasteiger partial charge in [-0.3, -0.25) is 19.2 Å². The fraction of sp³-hybridized carbons (Fsp3) is 0.543. The summed E-state index contributed by atoms with van der Waals surface area (Å²) in [6.45, 7) is 11.8. The van der Waals surface area contributed by atoms with E-state index in [1.165, 1.54) is 0 Å². The summed E-state index contributed by atoms with van der Waals surface area (Å²) in [7, 11) is 0. The standard InChI is InChI=1S/C35H47F4N5O5/c1-7-40-31(46)20(6)41-17-35(16-22(35)19(4)5)44-33(48)23(14-13-21-11-9-8-10-12-21)42-32(47)24(15-18(2)3)43-34(49)25-26(36)28(38)30(45)29(39)27(25)37/h8-12,18-20,22-24,41,45H,7,13-17H2,1-6H3,(H,40,46)(H,42,47)(H,43,49)(H,44,48)/t20-,22?,23-,24-,35?/m0/s1. The fourth-order valence-corrected chi connectivity index (χ4v) is 5.94. The number of carbonyl (C=O) groups is 4. The lowest BCUT2D eigenvalue weighted by Crippen LogP contribution is -2.58. The van der Waals surface area contributed by atoms with Gasteiger partial charge in [-0.2, -0.15) is 8.78 Å². The SMILES string of the molecule is CCNC(=O)[C@H](C)NCC1(NC(=O)[C@H](CCc2ccccc2)NC(=O)[C@H](CC(C)C)NC(=O)c2c(F)c(F)c(O)c(F)c2F)CC1C(C)C. The first-order valence-electron chi connectivity index (χ1n) is 16.6. The van der Waals surface area contributed by atoms with Gasteiger partial charge in [-0.1, -0.05) is 58.0 Å². The van der Waals surface area contributed by atoms with Crippen molar-refractivity contribution >= 4 is 23.6 Å². The molecule has 0 spiro atoms. The molecule has 49 heavy (non-hydrogen) atoms. The zero-order chi connectivity index (χ0) is 36.6. The molecule has 0 heterocycles. The summed E-state index contributed by atoms with van der Waals surface area (Å²) in [4.78, 5) is 52.9. The number of likely N-dealkylation sites (N-methyl/N-ethyl adjacent to an activating group) is 1. The van der Waals surface area contributed by atoms with Crippen molar-refractivity contribution in [2.75, 3.05) is 13.1 Å². The minimum absolute atomic E-state index is 0.0577. The van der Waals surface area contributed by atoms with E-state index in [-0.39, 0.29) is 36.5 Å². The Labute approximate surface area is 284 Å². The summed E-state index contributed by atoms with van der Waals surface area (Å²) < 4.78 is 57.0. The van der Waals surface area contributed by atoms with Gasteiger partial charge in [0.25, 0.3) is 5.91 Å².